The van der Waals surface area contributed by atoms with E-state index < -0.39 is 0 Å². The van der Waals surface area contributed by atoms with Gasteiger partial charge in [0.2, 0.25) is 0 Å². The van der Waals surface area contributed by atoms with Crippen LogP contribution < -0.4 is 0 Å². The zero-order chi connectivity index (χ0) is 7.68. The zero-order valence-electron chi connectivity index (χ0n) is 6.31. The van der Waals surface area contributed by atoms with E-state index in [1.54, 1.807) is 0 Å². The largest absolute Gasteiger partial charge is 0.251 e. The smallest absolute Gasteiger partial charge is 0.0790 e. The first-order chi connectivity index (χ1) is 5.36. The molecule has 0 spiro atoms. The minimum Gasteiger partial charge on any atom is -0.251 e. The van der Waals surface area contributed by atoms with Crippen molar-refractivity contribution in [2.45, 2.75) is 25.7 Å². The van der Waals surface area contributed by atoms with Gasteiger partial charge in [-0.2, -0.15) is 0 Å². The Kier molecular flexibility index (Phi) is 2.11. The van der Waals surface area contributed by atoms with Crippen LogP contribution in [0.3, 0.4) is 0 Å². The maximum Gasteiger partial charge on any atom is 0.0790 e. The quantitative estimate of drug-likeness (QED) is 0.592. The van der Waals surface area contributed by atoms with Gasteiger partial charge in [-0.25, -0.2) is 0 Å². The van der Waals surface area contributed by atoms with E-state index in [4.69, 9.17) is 0 Å². The number of hydrogen-bond acceptors (Lipinski definition) is 1. The molecule has 2 rings (SSSR count). The van der Waals surface area contributed by atoms with Crippen LogP contribution in [0.25, 0.3) is 0 Å². The molecule has 2 heteroatoms. The summed E-state index contributed by atoms with van der Waals surface area (Å²) in [6.45, 7) is 0. The fourth-order valence-corrected chi connectivity index (χ4v) is 2.06. The van der Waals surface area contributed by atoms with Crippen molar-refractivity contribution in [3.63, 3.8) is 0 Å². The Bertz CT molecular complexity index is 261. The molecule has 0 aromatic heterocycles. The van der Waals surface area contributed by atoms with Crippen molar-refractivity contribution < 1.29 is 0 Å². The lowest BCUT2D eigenvalue weighted by atomic mass is 9.98. The van der Waals surface area contributed by atoms with Crippen molar-refractivity contribution >= 4 is 26.3 Å². The number of aliphatic imine (C=N–C) groups is 1. The number of halogens is 1. The van der Waals surface area contributed by atoms with E-state index in [0.29, 0.717) is 0 Å². The maximum atomic E-state index is 4.54. The van der Waals surface area contributed by atoms with Gasteiger partial charge in [0.25, 0.3) is 0 Å². The Balaban J connectivity index is 2.33. The average molecular weight is 259 g/mol. The second kappa shape index (κ2) is 3.09. The van der Waals surface area contributed by atoms with Gasteiger partial charge in [-0.1, -0.05) is 12.2 Å². The van der Waals surface area contributed by atoms with E-state index in [2.05, 4.69) is 39.7 Å². The van der Waals surface area contributed by atoms with Gasteiger partial charge in [-0.05, 0) is 53.8 Å². The van der Waals surface area contributed by atoms with Crippen LogP contribution in [-0.2, 0) is 0 Å². The lowest BCUT2D eigenvalue weighted by Crippen LogP contribution is -2.02. The molecular formula is C9H10IN. The standard InChI is InChI=1S/C9H10IN/c10-9-6-5-7-3-1-2-4-8(7)11-9/h1,3H,2,4-6H2. The second-order valence-electron chi connectivity index (χ2n) is 2.90. The van der Waals surface area contributed by atoms with E-state index in [0.717, 1.165) is 12.8 Å². The SMILES string of the molecule is IC1=NC2=C(C=CCC2)CC1. The molecule has 0 N–H and O–H groups in total. The second-order valence-corrected chi connectivity index (χ2v) is 4.15. The van der Waals surface area contributed by atoms with Gasteiger partial charge in [0.15, 0.2) is 0 Å². The highest BCUT2D eigenvalue weighted by Crippen LogP contribution is 2.28. The molecule has 0 amide bonds. The van der Waals surface area contributed by atoms with Gasteiger partial charge in [0.05, 0.1) is 3.72 Å². The molecule has 0 unspecified atom stereocenters. The Morgan fingerprint density at radius 3 is 3.09 bits per heavy atom. The number of allylic oxidation sites excluding steroid dienone is 4. The first kappa shape index (κ1) is 7.53. The highest BCUT2D eigenvalue weighted by molar-refractivity contribution is 14.1. The summed E-state index contributed by atoms with van der Waals surface area (Å²) in [5.41, 5.74) is 2.81. The fourth-order valence-electron chi connectivity index (χ4n) is 1.50. The Morgan fingerprint density at radius 1 is 1.27 bits per heavy atom. The molecule has 58 valence electrons. The van der Waals surface area contributed by atoms with E-state index in [-0.39, 0.29) is 0 Å². The summed E-state index contributed by atoms with van der Waals surface area (Å²) in [5, 5.41) is 0. The molecule has 0 fully saturated rings. The van der Waals surface area contributed by atoms with Crippen molar-refractivity contribution in [3.8, 4) is 0 Å². The first-order valence-electron chi connectivity index (χ1n) is 3.98. The van der Waals surface area contributed by atoms with Crippen molar-refractivity contribution in [1.82, 2.24) is 0 Å². The van der Waals surface area contributed by atoms with Crippen molar-refractivity contribution in [2.75, 3.05) is 0 Å². The molecule has 1 heterocycles. The average Bonchev–Trinajstić information content (AvgIpc) is 2.04. The van der Waals surface area contributed by atoms with Crippen LogP contribution in [0.4, 0.5) is 0 Å². The summed E-state index contributed by atoms with van der Waals surface area (Å²) in [6.07, 6.45) is 9.17. The number of hydrogen-bond donors (Lipinski definition) is 0. The highest BCUT2D eigenvalue weighted by Gasteiger charge is 2.12. The number of rotatable bonds is 0. The van der Waals surface area contributed by atoms with Crippen LogP contribution in [0, 0.1) is 0 Å². The normalized spacial score (nSPS) is 23.2. The molecule has 1 aliphatic heterocycles. The molecule has 1 aliphatic carbocycles. The molecular weight excluding hydrogens is 249 g/mol. The summed E-state index contributed by atoms with van der Waals surface area (Å²) in [4.78, 5) is 4.54. The summed E-state index contributed by atoms with van der Waals surface area (Å²) < 4.78 is 1.27. The lowest BCUT2D eigenvalue weighted by Gasteiger charge is -2.16. The highest BCUT2D eigenvalue weighted by atomic mass is 127. The Morgan fingerprint density at radius 2 is 2.18 bits per heavy atom. The van der Waals surface area contributed by atoms with E-state index >= 15 is 0 Å². The molecule has 1 nitrogen and oxygen atoms in total. The van der Waals surface area contributed by atoms with Crippen molar-refractivity contribution in [3.05, 3.63) is 23.4 Å². The molecule has 0 saturated carbocycles. The molecule has 0 bridgehead atoms. The van der Waals surface area contributed by atoms with Crippen LogP contribution in [0.1, 0.15) is 25.7 Å². The maximum absolute atomic E-state index is 4.54. The minimum atomic E-state index is 1.14. The van der Waals surface area contributed by atoms with Crippen molar-refractivity contribution in [2.24, 2.45) is 4.99 Å². The van der Waals surface area contributed by atoms with Gasteiger partial charge in [-0.3, -0.25) is 4.99 Å². The third kappa shape index (κ3) is 1.55. The van der Waals surface area contributed by atoms with Gasteiger partial charge in [0, 0.05) is 5.70 Å². The van der Waals surface area contributed by atoms with E-state index in [9.17, 15) is 0 Å². The molecule has 2 aliphatic rings. The zero-order valence-corrected chi connectivity index (χ0v) is 8.47. The van der Waals surface area contributed by atoms with E-state index in [1.807, 2.05) is 0 Å². The predicted octanol–water partition coefficient (Wildman–Crippen LogP) is 3.22. The Hall–Kier alpha value is -0.120. The first-order valence-corrected chi connectivity index (χ1v) is 5.06. The summed E-state index contributed by atoms with van der Waals surface area (Å²) in [7, 11) is 0. The van der Waals surface area contributed by atoms with Gasteiger partial charge in [-0.15, -0.1) is 0 Å². The third-order valence-corrected chi connectivity index (χ3v) is 2.88. The van der Waals surface area contributed by atoms with Crippen LogP contribution in [-0.4, -0.2) is 3.72 Å². The van der Waals surface area contributed by atoms with Gasteiger partial charge in [0.1, 0.15) is 0 Å². The molecule has 0 saturated heterocycles. The third-order valence-electron chi connectivity index (χ3n) is 2.09. The van der Waals surface area contributed by atoms with Crippen LogP contribution >= 0.6 is 22.6 Å². The Labute approximate surface area is 80.4 Å². The van der Waals surface area contributed by atoms with Gasteiger partial charge < -0.3 is 0 Å². The van der Waals surface area contributed by atoms with Crippen molar-refractivity contribution in [1.29, 1.82) is 0 Å². The molecule has 0 aromatic carbocycles. The summed E-state index contributed by atoms with van der Waals surface area (Å²) in [5.74, 6) is 0. The fraction of sp³-hybridized carbons (Fsp3) is 0.444. The van der Waals surface area contributed by atoms with E-state index in [1.165, 1.54) is 27.8 Å². The topological polar surface area (TPSA) is 12.4 Å². The van der Waals surface area contributed by atoms with Crippen LogP contribution in [0.5, 0.6) is 0 Å². The predicted molar refractivity (Wildman–Crippen MR) is 56.1 cm³/mol. The minimum absolute atomic E-state index is 1.14. The van der Waals surface area contributed by atoms with Crippen LogP contribution in [0.15, 0.2) is 28.4 Å². The molecule has 0 atom stereocenters. The van der Waals surface area contributed by atoms with Crippen LogP contribution in [0.2, 0.25) is 0 Å². The number of nitrogens with zero attached hydrogens (tertiary/aromatic N) is 1. The lowest BCUT2D eigenvalue weighted by molar-refractivity contribution is 0.864. The molecule has 0 aromatic rings. The summed E-state index contributed by atoms with van der Waals surface area (Å²) in [6, 6.07) is 0. The molecule has 0 radical (unpaired) electrons. The summed E-state index contributed by atoms with van der Waals surface area (Å²) >= 11 is 2.34. The van der Waals surface area contributed by atoms with Gasteiger partial charge >= 0.3 is 0 Å². The molecule has 11 heavy (non-hydrogen) atoms. The monoisotopic (exact) mass is 259 g/mol.